The highest BCUT2D eigenvalue weighted by molar-refractivity contribution is 5.74. The van der Waals surface area contributed by atoms with Gasteiger partial charge in [0, 0.05) is 6.61 Å². The molecule has 0 aliphatic carbocycles. The standard InChI is InChI=1S/C8H16O3/c1-4-6-7(11-5-2)8(9)10-3/h7H,4-6H2,1-3H3. The lowest BCUT2D eigenvalue weighted by Gasteiger charge is -2.12. The van der Waals surface area contributed by atoms with Crippen LogP contribution in [0.2, 0.25) is 0 Å². The maximum absolute atomic E-state index is 10.9. The molecule has 0 aliphatic heterocycles. The van der Waals surface area contributed by atoms with E-state index in [4.69, 9.17) is 4.74 Å². The Balaban J connectivity index is 3.76. The van der Waals surface area contributed by atoms with Crippen molar-refractivity contribution in [2.24, 2.45) is 0 Å². The summed E-state index contributed by atoms with van der Waals surface area (Å²) >= 11 is 0. The van der Waals surface area contributed by atoms with E-state index in [0.29, 0.717) is 6.61 Å². The molecule has 0 aromatic heterocycles. The predicted molar refractivity (Wildman–Crippen MR) is 42.3 cm³/mol. The number of esters is 1. The Hall–Kier alpha value is -0.570. The number of rotatable bonds is 5. The van der Waals surface area contributed by atoms with Gasteiger partial charge in [-0.15, -0.1) is 0 Å². The Labute approximate surface area is 67.7 Å². The van der Waals surface area contributed by atoms with E-state index in [1.54, 1.807) is 0 Å². The lowest BCUT2D eigenvalue weighted by atomic mass is 10.2. The monoisotopic (exact) mass is 160 g/mol. The Bertz CT molecular complexity index is 106. The predicted octanol–water partition coefficient (Wildman–Crippen LogP) is 1.36. The lowest BCUT2D eigenvalue weighted by molar-refractivity contribution is -0.154. The van der Waals surface area contributed by atoms with Crippen molar-refractivity contribution in [3.63, 3.8) is 0 Å². The van der Waals surface area contributed by atoms with Crippen molar-refractivity contribution in [2.45, 2.75) is 32.8 Å². The van der Waals surface area contributed by atoms with E-state index in [2.05, 4.69) is 4.74 Å². The first-order valence-corrected chi connectivity index (χ1v) is 3.95. The number of carbonyl (C=O) groups is 1. The van der Waals surface area contributed by atoms with E-state index in [1.165, 1.54) is 7.11 Å². The molecule has 0 N–H and O–H groups in total. The second kappa shape index (κ2) is 6.16. The SMILES string of the molecule is CCCC(OCC)C(=O)OC. The van der Waals surface area contributed by atoms with Gasteiger partial charge in [0.2, 0.25) is 0 Å². The summed E-state index contributed by atoms with van der Waals surface area (Å²) in [7, 11) is 1.38. The highest BCUT2D eigenvalue weighted by Gasteiger charge is 2.17. The van der Waals surface area contributed by atoms with E-state index in [0.717, 1.165) is 12.8 Å². The number of hydrogen-bond acceptors (Lipinski definition) is 3. The Morgan fingerprint density at radius 3 is 2.45 bits per heavy atom. The van der Waals surface area contributed by atoms with Gasteiger partial charge in [0.25, 0.3) is 0 Å². The summed E-state index contributed by atoms with van der Waals surface area (Å²) in [6, 6.07) is 0. The van der Waals surface area contributed by atoms with Crippen LogP contribution in [0.25, 0.3) is 0 Å². The third-order valence-electron chi connectivity index (χ3n) is 1.38. The second-order valence-electron chi connectivity index (χ2n) is 2.26. The highest BCUT2D eigenvalue weighted by Crippen LogP contribution is 2.03. The molecule has 0 aromatic carbocycles. The molecular formula is C8H16O3. The van der Waals surface area contributed by atoms with Crippen molar-refractivity contribution in [2.75, 3.05) is 13.7 Å². The number of hydrogen-bond donors (Lipinski definition) is 0. The number of ether oxygens (including phenoxy) is 2. The van der Waals surface area contributed by atoms with Crippen molar-refractivity contribution in [1.82, 2.24) is 0 Å². The van der Waals surface area contributed by atoms with Crippen LogP contribution in [0.1, 0.15) is 26.7 Å². The normalized spacial score (nSPS) is 12.6. The maximum Gasteiger partial charge on any atom is 0.334 e. The summed E-state index contributed by atoms with van der Waals surface area (Å²) in [6.07, 6.45) is 1.30. The van der Waals surface area contributed by atoms with Crippen LogP contribution in [0.3, 0.4) is 0 Å². The van der Waals surface area contributed by atoms with Gasteiger partial charge in [0.15, 0.2) is 6.10 Å². The van der Waals surface area contributed by atoms with Crippen LogP contribution >= 0.6 is 0 Å². The molecule has 11 heavy (non-hydrogen) atoms. The molecule has 3 heteroatoms. The molecule has 0 rings (SSSR count). The smallest absolute Gasteiger partial charge is 0.334 e. The van der Waals surface area contributed by atoms with E-state index < -0.39 is 0 Å². The van der Waals surface area contributed by atoms with Crippen LogP contribution in [0.5, 0.6) is 0 Å². The van der Waals surface area contributed by atoms with Crippen molar-refractivity contribution in [3.8, 4) is 0 Å². The first kappa shape index (κ1) is 10.4. The zero-order valence-corrected chi connectivity index (χ0v) is 7.42. The van der Waals surface area contributed by atoms with Gasteiger partial charge >= 0.3 is 5.97 Å². The first-order chi connectivity index (χ1) is 5.26. The summed E-state index contributed by atoms with van der Waals surface area (Å²) in [5, 5.41) is 0. The first-order valence-electron chi connectivity index (χ1n) is 3.95. The fourth-order valence-corrected chi connectivity index (χ4v) is 0.864. The Kier molecular flexibility index (Phi) is 5.84. The van der Waals surface area contributed by atoms with Crippen LogP contribution in [0.15, 0.2) is 0 Å². The summed E-state index contributed by atoms with van der Waals surface area (Å²) < 4.78 is 9.71. The molecule has 0 saturated carbocycles. The molecule has 0 saturated heterocycles. The van der Waals surface area contributed by atoms with Crippen LogP contribution < -0.4 is 0 Å². The van der Waals surface area contributed by atoms with Crippen molar-refractivity contribution >= 4 is 5.97 Å². The molecule has 1 atom stereocenters. The lowest BCUT2D eigenvalue weighted by Crippen LogP contribution is -2.25. The Morgan fingerprint density at radius 2 is 2.09 bits per heavy atom. The summed E-state index contributed by atoms with van der Waals surface area (Å²) in [4.78, 5) is 10.9. The molecule has 0 bridgehead atoms. The van der Waals surface area contributed by atoms with Crippen LogP contribution in [0.4, 0.5) is 0 Å². The summed E-state index contributed by atoms with van der Waals surface area (Å²) in [5.74, 6) is -0.270. The molecule has 66 valence electrons. The molecule has 1 unspecified atom stereocenters. The zero-order chi connectivity index (χ0) is 8.69. The van der Waals surface area contributed by atoms with E-state index in [9.17, 15) is 4.79 Å². The van der Waals surface area contributed by atoms with Crippen LogP contribution in [0, 0.1) is 0 Å². The van der Waals surface area contributed by atoms with Crippen LogP contribution in [-0.2, 0) is 14.3 Å². The average molecular weight is 160 g/mol. The summed E-state index contributed by atoms with van der Waals surface area (Å²) in [5.41, 5.74) is 0. The van der Waals surface area contributed by atoms with Gasteiger partial charge in [-0.05, 0) is 13.3 Å². The number of methoxy groups -OCH3 is 1. The van der Waals surface area contributed by atoms with Gasteiger partial charge in [-0.1, -0.05) is 13.3 Å². The molecule has 0 fully saturated rings. The van der Waals surface area contributed by atoms with Crippen molar-refractivity contribution < 1.29 is 14.3 Å². The molecular weight excluding hydrogens is 144 g/mol. The molecule has 0 heterocycles. The Morgan fingerprint density at radius 1 is 1.45 bits per heavy atom. The van der Waals surface area contributed by atoms with Gasteiger partial charge in [0.1, 0.15) is 0 Å². The van der Waals surface area contributed by atoms with Gasteiger partial charge in [-0.2, -0.15) is 0 Å². The van der Waals surface area contributed by atoms with E-state index >= 15 is 0 Å². The minimum absolute atomic E-state index is 0.270. The maximum atomic E-state index is 10.9. The van der Waals surface area contributed by atoms with E-state index in [-0.39, 0.29) is 12.1 Å². The van der Waals surface area contributed by atoms with Crippen molar-refractivity contribution in [1.29, 1.82) is 0 Å². The molecule has 0 spiro atoms. The molecule has 0 amide bonds. The van der Waals surface area contributed by atoms with Gasteiger partial charge in [-0.25, -0.2) is 4.79 Å². The van der Waals surface area contributed by atoms with E-state index in [1.807, 2.05) is 13.8 Å². The quantitative estimate of drug-likeness (QED) is 0.570. The molecule has 3 nitrogen and oxygen atoms in total. The number of carbonyl (C=O) groups excluding carboxylic acids is 1. The molecule has 0 aliphatic rings. The molecule has 0 aromatic rings. The van der Waals surface area contributed by atoms with Crippen molar-refractivity contribution in [3.05, 3.63) is 0 Å². The zero-order valence-electron chi connectivity index (χ0n) is 7.42. The highest BCUT2D eigenvalue weighted by atomic mass is 16.6. The third-order valence-corrected chi connectivity index (χ3v) is 1.38. The average Bonchev–Trinajstić information content (AvgIpc) is 2.03. The second-order valence-corrected chi connectivity index (χ2v) is 2.26. The fourth-order valence-electron chi connectivity index (χ4n) is 0.864. The summed E-state index contributed by atoms with van der Waals surface area (Å²) in [6.45, 7) is 4.43. The van der Waals surface area contributed by atoms with Gasteiger partial charge in [0.05, 0.1) is 7.11 Å². The van der Waals surface area contributed by atoms with Gasteiger partial charge in [-0.3, -0.25) is 0 Å². The van der Waals surface area contributed by atoms with Crippen LogP contribution in [-0.4, -0.2) is 25.8 Å². The van der Waals surface area contributed by atoms with Gasteiger partial charge < -0.3 is 9.47 Å². The largest absolute Gasteiger partial charge is 0.467 e. The minimum atomic E-state index is -0.366. The third kappa shape index (κ3) is 3.98. The topological polar surface area (TPSA) is 35.5 Å². The minimum Gasteiger partial charge on any atom is -0.467 e. The fraction of sp³-hybridized carbons (Fsp3) is 0.875. The molecule has 0 radical (unpaired) electrons.